The number of carboxylic acid groups (broad SMARTS) is 1. The number of aldehydes is 1. The average Bonchev–Trinajstić information content (AvgIpc) is 2.20. The fraction of sp³-hybridized carbons (Fsp3) is 0.364. The zero-order valence-corrected chi connectivity index (χ0v) is 8.94. The average molecular weight is 207 g/mol. The van der Waals surface area contributed by atoms with Crippen LogP contribution in [0.3, 0.4) is 0 Å². The molecule has 0 radical (unpaired) electrons. The molecule has 1 heterocycles. The van der Waals surface area contributed by atoms with Crippen LogP contribution in [0.15, 0.2) is 12.3 Å². The first kappa shape index (κ1) is 11.4. The highest BCUT2D eigenvalue weighted by Gasteiger charge is 2.35. The predicted octanol–water partition coefficient (Wildman–Crippen LogP) is 1.24. The van der Waals surface area contributed by atoms with Crippen LogP contribution in [-0.4, -0.2) is 22.3 Å². The van der Waals surface area contributed by atoms with Crippen molar-refractivity contribution >= 4 is 12.3 Å². The van der Waals surface area contributed by atoms with Gasteiger partial charge in [0.1, 0.15) is 11.7 Å². The molecule has 4 heteroatoms. The highest BCUT2D eigenvalue weighted by molar-refractivity contribution is 5.98. The van der Waals surface area contributed by atoms with Crippen molar-refractivity contribution in [3.63, 3.8) is 0 Å². The number of nitrogens with zero attached hydrogens (tertiary/aromatic N) is 1. The molecule has 0 saturated carbocycles. The molecule has 1 aromatic heterocycles. The Morgan fingerprint density at radius 3 is 2.53 bits per heavy atom. The van der Waals surface area contributed by atoms with E-state index in [2.05, 4.69) is 4.98 Å². The van der Waals surface area contributed by atoms with Gasteiger partial charge in [-0.25, -0.2) is 0 Å². The summed E-state index contributed by atoms with van der Waals surface area (Å²) in [6, 6.07) is 1.69. The highest BCUT2D eigenvalue weighted by atomic mass is 16.4. The number of hydrogen-bond acceptors (Lipinski definition) is 3. The van der Waals surface area contributed by atoms with Crippen molar-refractivity contribution in [3.8, 4) is 0 Å². The number of hydrogen-bond donors (Lipinski definition) is 1. The minimum absolute atomic E-state index is 0.410. The van der Waals surface area contributed by atoms with E-state index in [9.17, 15) is 9.59 Å². The first-order valence-corrected chi connectivity index (χ1v) is 4.55. The van der Waals surface area contributed by atoms with Crippen LogP contribution < -0.4 is 0 Å². The van der Waals surface area contributed by atoms with E-state index >= 15 is 0 Å². The van der Waals surface area contributed by atoms with Gasteiger partial charge in [0.05, 0.1) is 0 Å². The zero-order valence-electron chi connectivity index (χ0n) is 8.94. The van der Waals surface area contributed by atoms with Crippen molar-refractivity contribution in [1.29, 1.82) is 0 Å². The molecule has 0 aromatic carbocycles. The van der Waals surface area contributed by atoms with E-state index in [0.717, 1.165) is 11.3 Å². The zero-order chi connectivity index (χ0) is 11.6. The van der Waals surface area contributed by atoms with Crippen LogP contribution in [0.5, 0.6) is 0 Å². The van der Waals surface area contributed by atoms with Gasteiger partial charge in [0.25, 0.3) is 0 Å². The number of aromatic nitrogens is 1. The molecule has 1 unspecified atom stereocenters. The van der Waals surface area contributed by atoms with Gasteiger partial charge in [-0.1, -0.05) is 6.07 Å². The molecule has 1 N–H and O–H groups in total. The highest BCUT2D eigenvalue weighted by Crippen LogP contribution is 2.22. The third kappa shape index (κ3) is 1.88. The van der Waals surface area contributed by atoms with Crippen molar-refractivity contribution in [2.45, 2.75) is 26.2 Å². The lowest BCUT2D eigenvalue weighted by Crippen LogP contribution is -2.34. The Morgan fingerprint density at radius 1 is 1.53 bits per heavy atom. The molecule has 15 heavy (non-hydrogen) atoms. The Hall–Kier alpha value is -1.71. The van der Waals surface area contributed by atoms with E-state index in [0.29, 0.717) is 11.8 Å². The number of aryl methyl sites for hydroxylation is 2. The van der Waals surface area contributed by atoms with Crippen molar-refractivity contribution in [2.75, 3.05) is 0 Å². The Kier molecular flexibility index (Phi) is 2.88. The van der Waals surface area contributed by atoms with E-state index < -0.39 is 11.4 Å². The Bertz CT molecular complexity index is 414. The monoisotopic (exact) mass is 207 g/mol. The van der Waals surface area contributed by atoms with Gasteiger partial charge in [-0.2, -0.15) is 0 Å². The van der Waals surface area contributed by atoms with Crippen LogP contribution in [0.4, 0.5) is 0 Å². The predicted molar refractivity (Wildman–Crippen MR) is 54.8 cm³/mol. The molecule has 0 amide bonds. The number of aliphatic carboxylic acids is 1. The molecule has 0 bridgehead atoms. The molecule has 80 valence electrons. The van der Waals surface area contributed by atoms with E-state index in [1.165, 1.54) is 13.1 Å². The lowest BCUT2D eigenvalue weighted by atomic mass is 9.84. The second-order valence-corrected chi connectivity index (χ2v) is 3.75. The standard InChI is InChI=1S/C11H13NO3/c1-7-4-9(5-12-8(7)2)11(3,6-13)10(14)15/h4-6H,1-3H3,(H,14,15). The number of carboxylic acids is 1. The molecule has 1 aromatic rings. The second-order valence-electron chi connectivity index (χ2n) is 3.75. The van der Waals surface area contributed by atoms with Gasteiger partial charge in [-0.3, -0.25) is 9.78 Å². The number of pyridine rings is 1. The van der Waals surface area contributed by atoms with Crippen LogP contribution in [0.1, 0.15) is 23.7 Å². The Balaban J connectivity index is 3.31. The van der Waals surface area contributed by atoms with Crippen molar-refractivity contribution < 1.29 is 14.7 Å². The van der Waals surface area contributed by atoms with Gasteiger partial charge < -0.3 is 9.90 Å². The third-order valence-electron chi connectivity index (χ3n) is 2.62. The summed E-state index contributed by atoms with van der Waals surface area (Å²) in [5.74, 6) is -1.16. The van der Waals surface area contributed by atoms with E-state index in [-0.39, 0.29) is 0 Å². The lowest BCUT2D eigenvalue weighted by Gasteiger charge is -2.18. The molecule has 1 atom stereocenters. The fourth-order valence-electron chi connectivity index (χ4n) is 1.17. The summed E-state index contributed by atoms with van der Waals surface area (Å²) in [5, 5.41) is 8.99. The molecule has 0 spiro atoms. The largest absolute Gasteiger partial charge is 0.480 e. The van der Waals surface area contributed by atoms with E-state index in [4.69, 9.17) is 5.11 Å². The van der Waals surface area contributed by atoms with Crippen molar-refractivity contribution in [1.82, 2.24) is 4.98 Å². The van der Waals surface area contributed by atoms with Crippen LogP contribution in [-0.2, 0) is 15.0 Å². The van der Waals surface area contributed by atoms with Crippen molar-refractivity contribution in [3.05, 3.63) is 29.1 Å². The lowest BCUT2D eigenvalue weighted by molar-refractivity contribution is -0.145. The first-order valence-electron chi connectivity index (χ1n) is 4.55. The molecule has 4 nitrogen and oxygen atoms in total. The van der Waals surface area contributed by atoms with E-state index in [1.54, 1.807) is 6.07 Å². The van der Waals surface area contributed by atoms with Crippen LogP contribution >= 0.6 is 0 Å². The Labute approximate surface area is 88.0 Å². The normalized spacial score (nSPS) is 14.3. The van der Waals surface area contributed by atoms with Crippen LogP contribution in [0.25, 0.3) is 0 Å². The number of carbonyl (C=O) groups is 2. The summed E-state index contributed by atoms with van der Waals surface area (Å²) in [6.07, 6.45) is 1.87. The summed E-state index contributed by atoms with van der Waals surface area (Å²) in [5.41, 5.74) is 0.609. The molecule has 0 aliphatic carbocycles. The maximum atomic E-state index is 11.0. The SMILES string of the molecule is Cc1cc(C(C)(C=O)C(=O)O)cnc1C. The van der Waals surface area contributed by atoms with Crippen LogP contribution in [0.2, 0.25) is 0 Å². The number of rotatable bonds is 3. The molecule has 0 aliphatic rings. The minimum atomic E-state index is -1.51. The van der Waals surface area contributed by atoms with Crippen LogP contribution in [0, 0.1) is 13.8 Å². The Morgan fingerprint density at radius 2 is 2.13 bits per heavy atom. The van der Waals surface area contributed by atoms with Gasteiger partial charge in [0, 0.05) is 11.9 Å². The van der Waals surface area contributed by atoms with Gasteiger partial charge in [-0.05, 0) is 31.9 Å². The van der Waals surface area contributed by atoms with E-state index in [1.807, 2.05) is 13.8 Å². The van der Waals surface area contributed by atoms with Gasteiger partial charge in [0.15, 0.2) is 0 Å². The summed E-state index contributed by atoms with van der Waals surface area (Å²) >= 11 is 0. The third-order valence-corrected chi connectivity index (χ3v) is 2.62. The summed E-state index contributed by atoms with van der Waals surface area (Å²) in [6.45, 7) is 5.03. The van der Waals surface area contributed by atoms with Crippen molar-refractivity contribution in [2.24, 2.45) is 0 Å². The minimum Gasteiger partial charge on any atom is -0.480 e. The molecular weight excluding hydrogens is 194 g/mol. The molecule has 0 saturated heterocycles. The fourth-order valence-corrected chi connectivity index (χ4v) is 1.17. The summed E-state index contributed by atoms with van der Waals surface area (Å²) in [7, 11) is 0. The topological polar surface area (TPSA) is 67.3 Å². The summed E-state index contributed by atoms with van der Waals surface area (Å²) in [4.78, 5) is 25.9. The molecule has 0 fully saturated rings. The first-order chi connectivity index (χ1) is 6.91. The van der Waals surface area contributed by atoms with Gasteiger partial charge in [0.2, 0.25) is 0 Å². The smallest absolute Gasteiger partial charge is 0.321 e. The maximum Gasteiger partial charge on any atom is 0.321 e. The quantitative estimate of drug-likeness (QED) is 0.598. The molecule has 1 rings (SSSR count). The summed E-state index contributed by atoms with van der Waals surface area (Å²) < 4.78 is 0. The van der Waals surface area contributed by atoms with Gasteiger partial charge in [-0.15, -0.1) is 0 Å². The molecule has 0 aliphatic heterocycles. The van der Waals surface area contributed by atoms with Gasteiger partial charge >= 0.3 is 5.97 Å². The number of carbonyl (C=O) groups excluding carboxylic acids is 1. The molecular formula is C11H13NO3. The second kappa shape index (κ2) is 3.81. The maximum absolute atomic E-state index is 11.0.